The molecule has 21 heavy (non-hydrogen) atoms. The van der Waals surface area contributed by atoms with Crippen molar-refractivity contribution in [3.05, 3.63) is 71.3 Å². The highest BCUT2D eigenvalue weighted by Crippen LogP contribution is 2.41. The lowest BCUT2D eigenvalue weighted by Crippen LogP contribution is -2.23. The summed E-state index contributed by atoms with van der Waals surface area (Å²) in [6.45, 7) is 6.65. The minimum Gasteiger partial charge on any atom is -0.117 e. The molecule has 0 amide bonds. The number of hydrogen-bond donors (Lipinski definition) is 0. The summed E-state index contributed by atoms with van der Waals surface area (Å²) in [6.07, 6.45) is 3.64. The zero-order valence-electron chi connectivity index (χ0n) is 13.3. The average Bonchev–Trinajstić information content (AvgIpc) is 2.53. The fourth-order valence-electron chi connectivity index (χ4n) is 2.66. The first-order valence-corrected chi connectivity index (χ1v) is 8.27. The Morgan fingerprint density at radius 2 is 1.57 bits per heavy atom. The zero-order chi connectivity index (χ0) is 15.3. The highest BCUT2D eigenvalue weighted by molar-refractivity contribution is 6.21. The van der Waals surface area contributed by atoms with Crippen molar-refractivity contribution in [2.45, 2.75) is 50.8 Å². The molecule has 2 aromatic carbocycles. The van der Waals surface area contributed by atoms with Crippen molar-refractivity contribution in [2.24, 2.45) is 0 Å². The third-order valence-electron chi connectivity index (χ3n) is 4.24. The van der Waals surface area contributed by atoms with E-state index in [9.17, 15) is 0 Å². The molecule has 0 spiro atoms. The van der Waals surface area contributed by atoms with Gasteiger partial charge in [0.1, 0.15) is 0 Å². The highest BCUT2D eigenvalue weighted by atomic mass is 35.5. The molecule has 0 heterocycles. The maximum Gasteiger partial charge on any atom is 0.0676 e. The number of hydrogen-bond acceptors (Lipinski definition) is 0. The summed E-state index contributed by atoms with van der Waals surface area (Å²) >= 11 is 6.79. The van der Waals surface area contributed by atoms with Crippen molar-refractivity contribution < 1.29 is 0 Å². The van der Waals surface area contributed by atoms with E-state index in [2.05, 4.69) is 69.3 Å². The first-order valence-electron chi connectivity index (χ1n) is 7.84. The Kier molecular flexibility index (Phi) is 5.47. The second-order valence-corrected chi connectivity index (χ2v) is 6.73. The molecule has 0 fully saturated rings. The molecule has 0 aliphatic carbocycles. The SMILES string of the molecule is CCCCc1ccc(C(Cl)C(C)(C)c2ccccc2)cc1. The van der Waals surface area contributed by atoms with Crippen LogP contribution >= 0.6 is 11.6 Å². The summed E-state index contributed by atoms with van der Waals surface area (Å²) in [6, 6.07) is 19.3. The fraction of sp³-hybridized carbons (Fsp3) is 0.400. The van der Waals surface area contributed by atoms with Gasteiger partial charge in [0.05, 0.1) is 5.38 Å². The monoisotopic (exact) mass is 300 g/mol. The van der Waals surface area contributed by atoms with Gasteiger partial charge in [-0.05, 0) is 29.5 Å². The predicted molar refractivity (Wildman–Crippen MR) is 93.1 cm³/mol. The van der Waals surface area contributed by atoms with E-state index >= 15 is 0 Å². The predicted octanol–water partition coefficient (Wildman–Crippen LogP) is 6.29. The normalized spacial score (nSPS) is 13.1. The summed E-state index contributed by atoms with van der Waals surface area (Å²) in [5.41, 5.74) is 3.79. The maximum atomic E-state index is 6.79. The lowest BCUT2D eigenvalue weighted by molar-refractivity contribution is 0.504. The smallest absolute Gasteiger partial charge is 0.0676 e. The summed E-state index contributed by atoms with van der Waals surface area (Å²) in [4.78, 5) is 0. The van der Waals surface area contributed by atoms with Gasteiger partial charge in [0, 0.05) is 5.41 Å². The van der Waals surface area contributed by atoms with Gasteiger partial charge >= 0.3 is 0 Å². The van der Waals surface area contributed by atoms with Crippen molar-refractivity contribution in [1.82, 2.24) is 0 Å². The minimum absolute atomic E-state index is 0.0277. The number of alkyl halides is 1. The Hall–Kier alpha value is -1.27. The lowest BCUT2D eigenvalue weighted by atomic mass is 9.78. The van der Waals surface area contributed by atoms with Crippen LogP contribution in [0, 0.1) is 0 Å². The van der Waals surface area contributed by atoms with Gasteiger partial charge < -0.3 is 0 Å². The number of rotatable bonds is 6. The Morgan fingerprint density at radius 1 is 0.952 bits per heavy atom. The van der Waals surface area contributed by atoms with Crippen LogP contribution in [0.1, 0.15) is 55.7 Å². The topological polar surface area (TPSA) is 0 Å². The van der Waals surface area contributed by atoms with Crippen LogP contribution < -0.4 is 0 Å². The largest absolute Gasteiger partial charge is 0.117 e. The summed E-state index contributed by atoms with van der Waals surface area (Å²) in [7, 11) is 0. The number of benzene rings is 2. The first kappa shape index (κ1) is 16.1. The average molecular weight is 301 g/mol. The minimum atomic E-state index is -0.0895. The molecule has 0 radical (unpaired) electrons. The van der Waals surface area contributed by atoms with Crippen LogP contribution in [0.3, 0.4) is 0 Å². The first-order chi connectivity index (χ1) is 10.1. The van der Waals surface area contributed by atoms with E-state index in [0.717, 1.165) is 6.42 Å². The van der Waals surface area contributed by atoms with Crippen molar-refractivity contribution >= 4 is 11.6 Å². The third kappa shape index (κ3) is 3.89. The highest BCUT2D eigenvalue weighted by Gasteiger charge is 2.30. The molecule has 0 N–H and O–H groups in total. The molecule has 2 aromatic rings. The van der Waals surface area contributed by atoms with Gasteiger partial charge in [-0.3, -0.25) is 0 Å². The molecule has 0 aromatic heterocycles. The van der Waals surface area contributed by atoms with Crippen LogP contribution in [-0.4, -0.2) is 0 Å². The molecule has 112 valence electrons. The standard InChI is InChI=1S/C20H25Cl/c1-4-5-9-16-12-14-17(15-13-16)19(21)20(2,3)18-10-7-6-8-11-18/h6-8,10-15,19H,4-5,9H2,1-3H3. The van der Waals surface area contributed by atoms with E-state index in [1.165, 1.54) is 29.5 Å². The van der Waals surface area contributed by atoms with E-state index < -0.39 is 0 Å². The molecule has 0 saturated carbocycles. The van der Waals surface area contributed by atoms with Crippen molar-refractivity contribution in [3.63, 3.8) is 0 Å². The molecule has 0 saturated heterocycles. The van der Waals surface area contributed by atoms with Crippen molar-refractivity contribution in [2.75, 3.05) is 0 Å². The van der Waals surface area contributed by atoms with Crippen LogP contribution in [0.5, 0.6) is 0 Å². The van der Waals surface area contributed by atoms with E-state index in [1.54, 1.807) is 0 Å². The zero-order valence-corrected chi connectivity index (χ0v) is 14.0. The van der Waals surface area contributed by atoms with Gasteiger partial charge in [-0.25, -0.2) is 0 Å². The molecular formula is C20H25Cl. The number of halogens is 1. The van der Waals surface area contributed by atoms with Crippen molar-refractivity contribution in [1.29, 1.82) is 0 Å². The second-order valence-electron chi connectivity index (χ2n) is 6.30. The van der Waals surface area contributed by atoms with E-state index in [0.29, 0.717) is 0 Å². The van der Waals surface area contributed by atoms with Gasteiger partial charge in [-0.1, -0.05) is 81.8 Å². The number of unbranched alkanes of at least 4 members (excludes halogenated alkanes) is 1. The molecule has 0 bridgehead atoms. The lowest BCUT2D eigenvalue weighted by Gasteiger charge is -2.31. The Labute approximate surface area is 134 Å². The maximum absolute atomic E-state index is 6.79. The van der Waals surface area contributed by atoms with Crippen LogP contribution in [0.2, 0.25) is 0 Å². The van der Waals surface area contributed by atoms with E-state index in [4.69, 9.17) is 11.6 Å². The van der Waals surface area contributed by atoms with Gasteiger partial charge in [0.2, 0.25) is 0 Å². The van der Waals surface area contributed by atoms with E-state index in [1.807, 2.05) is 6.07 Å². The fourth-order valence-corrected chi connectivity index (χ4v) is 2.94. The molecular weight excluding hydrogens is 276 g/mol. The Morgan fingerprint density at radius 3 is 2.14 bits per heavy atom. The molecule has 1 unspecified atom stereocenters. The summed E-state index contributed by atoms with van der Waals surface area (Å²) in [5, 5.41) is -0.0277. The molecule has 2 rings (SSSR count). The Balaban J connectivity index is 2.17. The molecule has 1 atom stereocenters. The van der Waals surface area contributed by atoms with Gasteiger partial charge in [-0.15, -0.1) is 11.6 Å². The molecule has 0 aliphatic heterocycles. The molecule has 0 aliphatic rings. The summed E-state index contributed by atoms with van der Waals surface area (Å²) < 4.78 is 0. The molecule has 0 nitrogen and oxygen atoms in total. The number of aryl methyl sites for hydroxylation is 1. The van der Waals surface area contributed by atoms with Gasteiger partial charge in [-0.2, -0.15) is 0 Å². The van der Waals surface area contributed by atoms with Crippen LogP contribution in [0.4, 0.5) is 0 Å². The second kappa shape index (κ2) is 7.13. The van der Waals surface area contributed by atoms with Crippen LogP contribution in [-0.2, 0) is 11.8 Å². The van der Waals surface area contributed by atoms with Crippen LogP contribution in [0.25, 0.3) is 0 Å². The Bertz CT molecular complexity index is 540. The third-order valence-corrected chi connectivity index (χ3v) is 5.04. The van der Waals surface area contributed by atoms with Crippen molar-refractivity contribution in [3.8, 4) is 0 Å². The quantitative estimate of drug-likeness (QED) is 0.550. The summed E-state index contributed by atoms with van der Waals surface area (Å²) in [5.74, 6) is 0. The van der Waals surface area contributed by atoms with Crippen LogP contribution in [0.15, 0.2) is 54.6 Å². The van der Waals surface area contributed by atoms with E-state index in [-0.39, 0.29) is 10.8 Å². The van der Waals surface area contributed by atoms with Gasteiger partial charge in [0.25, 0.3) is 0 Å². The molecule has 1 heteroatoms. The van der Waals surface area contributed by atoms with Gasteiger partial charge in [0.15, 0.2) is 0 Å².